The van der Waals surface area contributed by atoms with Crippen LogP contribution in [0.25, 0.3) is 0 Å². The molecule has 0 amide bonds. The van der Waals surface area contributed by atoms with Gasteiger partial charge in [-0.3, -0.25) is 0 Å². The second kappa shape index (κ2) is 3.58. The van der Waals surface area contributed by atoms with Crippen molar-refractivity contribution in [1.82, 2.24) is 10.2 Å². The Morgan fingerprint density at radius 1 is 1.31 bits per heavy atom. The Labute approximate surface area is 81.7 Å². The summed E-state index contributed by atoms with van der Waals surface area (Å²) < 4.78 is 0. The van der Waals surface area contributed by atoms with Crippen LogP contribution in [-0.2, 0) is 0 Å². The lowest BCUT2D eigenvalue weighted by Gasteiger charge is -2.40. The number of rotatable bonds is 1. The molecule has 1 spiro atoms. The van der Waals surface area contributed by atoms with Crippen molar-refractivity contribution in [3.63, 3.8) is 0 Å². The van der Waals surface area contributed by atoms with Gasteiger partial charge in [0, 0.05) is 6.04 Å². The summed E-state index contributed by atoms with van der Waals surface area (Å²) in [5.41, 5.74) is 0.675. The van der Waals surface area contributed by atoms with Gasteiger partial charge in [-0.15, -0.1) is 0 Å². The molecule has 2 aliphatic rings. The van der Waals surface area contributed by atoms with Crippen LogP contribution in [0.1, 0.15) is 32.6 Å². The van der Waals surface area contributed by atoms with E-state index in [1.807, 2.05) is 0 Å². The zero-order valence-corrected chi connectivity index (χ0v) is 8.97. The van der Waals surface area contributed by atoms with E-state index >= 15 is 0 Å². The lowest BCUT2D eigenvalue weighted by molar-refractivity contribution is 0.126. The van der Waals surface area contributed by atoms with Gasteiger partial charge in [-0.25, -0.2) is 0 Å². The lowest BCUT2D eigenvalue weighted by atomic mass is 9.72. The molecule has 2 heterocycles. The van der Waals surface area contributed by atoms with Gasteiger partial charge in [0.2, 0.25) is 0 Å². The number of nitrogens with one attached hydrogen (secondary N) is 1. The van der Waals surface area contributed by atoms with E-state index in [0.29, 0.717) is 5.41 Å². The molecule has 1 unspecified atom stereocenters. The molecule has 76 valence electrons. The minimum absolute atomic E-state index is 0.675. The van der Waals surface area contributed by atoms with Gasteiger partial charge in [0.25, 0.3) is 0 Å². The van der Waals surface area contributed by atoms with Gasteiger partial charge in [0.05, 0.1) is 0 Å². The maximum atomic E-state index is 3.48. The molecule has 2 nitrogen and oxygen atoms in total. The summed E-state index contributed by atoms with van der Waals surface area (Å²) in [6, 6.07) is 0.856. The van der Waals surface area contributed by atoms with Crippen molar-refractivity contribution in [3.8, 4) is 0 Å². The fraction of sp³-hybridized carbons (Fsp3) is 1.00. The number of likely N-dealkylation sites (tertiary alicyclic amines) is 1. The van der Waals surface area contributed by atoms with E-state index in [2.05, 4.69) is 24.2 Å². The fourth-order valence-electron chi connectivity index (χ4n) is 3.44. The summed E-state index contributed by atoms with van der Waals surface area (Å²) >= 11 is 0. The van der Waals surface area contributed by atoms with E-state index in [1.54, 1.807) is 0 Å². The Morgan fingerprint density at radius 3 is 2.62 bits per heavy atom. The third kappa shape index (κ3) is 1.50. The highest BCUT2D eigenvalue weighted by Gasteiger charge is 2.44. The highest BCUT2D eigenvalue weighted by Crippen LogP contribution is 2.44. The molecule has 0 aromatic carbocycles. The van der Waals surface area contributed by atoms with Crippen molar-refractivity contribution in [2.24, 2.45) is 5.41 Å². The second-order valence-electron chi connectivity index (χ2n) is 4.77. The lowest BCUT2D eigenvalue weighted by Crippen LogP contribution is -2.44. The minimum Gasteiger partial charge on any atom is -0.317 e. The Hall–Kier alpha value is -0.0800. The maximum absolute atomic E-state index is 3.48. The average Bonchev–Trinajstić information content (AvgIpc) is 2.45. The normalized spacial score (nSPS) is 34.2. The molecule has 13 heavy (non-hydrogen) atoms. The molecule has 0 aromatic heterocycles. The molecule has 2 aliphatic heterocycles. The quantitative estimate of drug-likeness (QED) is 0.660. The molecule has 2 fully saturated rings. The van der Waals surface area contributed by atoms with Crippen molar-refractivity contribution < 1.29 is 0 Å². The minimum atomic E-state index is 0.675. The molecule has 2 heteroatoms. The van der Waals surface area contributed by atoms with Crippen LogP contribution in [0.2, 0.25) is 0 Å². The third-order valence-corrected chi connectivity index (χ3v) is 4.19. The smallest absolute Gasteiger partial charge is 0.0147 e. The van der Waals surface area contributed by atoms with Gasteiger partial charge in [-0.1, -0.05) is 6.92 Å². The van der Waals surface area contributed by atoms with Gasteiger partial charge in [-0.2, -0.15) is 0 Å². The van der Waals surface area contributed by atoms with Crippen molar-refractivity contribution in [2.45, 2.75) is 38.6 Å². The Morgan fingerprint density at radius 2 is 2.00 bits per heavy atom. The largest absolute Gasteiger partial charge is 0.317 e. The molecule has 2 rings (SSSR count). The summed E-state index contributed by atoms with van der Waals surface area (Å²) in [4.78, 5) is 2.57. The molecule has 0 aliphatic carbocycles. The number of piperidine rings is 1. The summed E-state index contributed by atoms with van der Waals surface area (Å²) in [7, 11) is 2.30. The van der Waals surface area contributed by atoms with Gasteiger partial charge < -0.3 is 10.2 Å². The predicted molar refractivity (Wildman–Crippen MR) is 55.9 cm³/mol. The van der Waals surface area contributed by atoms with Crippen LogP contribution in [0.15, 0.2) is 0 Å². The van der Waals surface area contributed by atoms with E-state index in [-0.39, 0.29) is 0 Å². The summed E-state index contributed by atoms with van der Waals surface area (Å²) in [5.74, 6) is 0. The van der Waals surface area contributed by atoms with Gasteiger partial charge in [0.1, 0.15) is 0 Å². The monoisotopic (exact) mass is 182 g/mol. The first-order valence-corrected chi connectivity index (χ1v) is 5.69. The van der Waals surface area contributed by atoms with Crippen molar-refractivity contribution in [1.29, 1.82) is 0 Å². The highest BCUT2D eigenvalue weighted by atomic mass is 15.2. The van der Waals surface area contributed by atoms with Crippen LogP contribution in [-0.4, -0.2) is 37.6 Å². The topological polar surface area (TPSA) is 15.3 Å². The van der Waals surface area contributed by atoms with Crippen LogP contribution in [0, 0.1) is 5.41 Å². The first-order chi connectivity index (χ1) is 6.28. The van der Waals surface area contributed by atoms with E-state index in [0.717, 1.165) is 6.04 Å². The van der Waals surface area contributed by atoms with Crippen LogP contribution in [0.5, 0.6) is 0 Å². The van der Waals surface area contributed by atoms with Gasteiger partial charge in [-0.05, 0) is 57.8 Å². The molecule has 0 radical (unpaired) electrons. The number of hydrogen-bond donors (Lipinski definition) is 1. The van der Waals surface area contributed by atoms with Gasteiger partial charge >= 0.3 is 0 Å². The zero-order chi connectivity index (χ0) is 9.31. The van der Waals surface area contributed by atoms with Crippen LogP contribution < -0.4 is 5.32 Å². The van der Waals surface area contributed by atoms with E-state index in [9.17, 15) is 0 Å². The predicted octanol–water partition coefficient (Wildman–Crippen LogP) is 1.47. The molecule has 1 atom stereocenters. The van der Waals surface area contributed by atoms with Crippen molar-refractivity contribution in [3.05, 3.63) is 0 Å². The molecule has 0 aromatic rings. The third-order valence-electron chi connectivity index (χ3n) is 4.19. The molecule has 0 bridgehead atoms. The van der Waals surface area contributed by atoms with Gasteiger partial charge in [0.15, 0.2) is 0 Å². The van der Waals surface area contributed by atoms with E-state index in [4.69, 9.17) is 0 Å². The second-order valence-corrected chi connectivity index (χ2v) is 4.77. The van der Waals surface area contributed by atoms with Crippen molar-refractivity contribution in [2.75, 3.05) is 26.7 Å². The van der Waals surface area contributed by atoms with Crippen LogP contribution in [0.3, 0.4) is 0 Å². The van der Waals surface area contributed by atoms with Crippen molar-refractivity contribution >= 4 is 0 Å². The zero-order valence-electron chi connectivity index (χ0n) is 8.97. The first kappa shape index (κ1) is 9.47. The number of hydrogen-bond acceptors (Lipinski definition) is 2. The van der Waals surface area contributed by atoms with E-state index in [1.165, 1.54) is 45.3 Å². The van der Waals surface area contributed by atoms with E-state index < -0.39 is 0 Å². The fourth-order valence-corrected chi connectivity index (χ4v) is 3.44. The molecular weight excluding hydrogens is 160 g/mol. The van der Waals surface area contributed by atoms with Crippen LogP contribution >= 0.6 is 0 Å². The SMILES string of the molecule is CCC1N(C)CCC12CCNCC2. The standard InChI is InChI=1S/C11H22N2/c1-3-10-11(6-9-13(10)2)4-7-12-8-5-11/h10,12H,3-9H2,1-2H3. The summed E-state index contributed by atoms with van der Waals surface area (Å²) in [6.07, 6.45) is 5.56. The average molecular weight is 182 g/mol. The first-order valence-electron chi connectivity index (χ1n) is 5.69. The van der Waals surface area contributed by atoms with Crippen LogP contribution in [0.4, 0.5) is 0 Å². The molecule has 1 N–H and O–H groups in total. The highest BCUT2D eigenvalue weighted by molar-refractivity contribution is 4.99. The summed E-state index contributed by atoms with van der Waals surface area (Å²) in [6.45, 7) is 6.14. The Balaban J connectivity index is 2.11. The molecule has 2 saturated heterocycles. The number of nitrogens with zero attached hydrogens (tertiary/aromatic N) is 1. The molecular formula is C11H22N2. The Bertz CT molecular complexity index is 167. The summed E-state index contributed by atoms with van der Waals surface area (Å²) in [5, 5.41) is 3.48. The molecule has 0 saturated carbocycles. The maximum Gasteiger partial charge on any atom is 0.0147 e. The Kier molecular flexibility index (Phi) is 2.61.